The number of nitrogens with zero attached hydrogens (tertiary/aromatic N) is 3. The Kier molecular flexibility index (Phi) is 4.38. The smallest absolute Gasteiger partial charge is 0.207 e. The first-order valence-electron chi connectivity index (χ1n) is 8.04. The van der Waals surface area contributed by atoms with Crippen molar-refractivity contribution in [2.45, 2.75) is 12.0 Å². The third-order valence-electron chi connectivity index (χ3n) is 5.32. The minimum absolute atomic E-state index is 0.142. The van der Waals surface area contributed by atoms with Crippen molar-refractivity contribution < 1.29 is 10.6 Å². The van der Waals surface area contributed by atoms with Gasteiger partial charge in [0.1, 0.15) is 6.07 Å². The number of nitrogens with one attached hydrogen (secondary N) is 1. The van der Waals surface area contributed by atoms with E-state index in [4.69, 9.17) is 11.6 Å². The molecule has 0 aromatic heterocycles. The van der Waals surface area contributed by atoms with E-state index in [2.05, 4.69) is 23.9 Å². The SMILES string of the molecule is C[NH+]1C=CC2=C(C#N)[C@@H]([NH3+])C(C#N)(C#N)[C@@H](c3ccccc3Cl)[C@H]2C1. The summed E-state index contributed by atoms with van der Waals surface area (Å²) in [6.07, 6.45) is 3.92. The highest BCUT2D eigenvalue weighted by Gasteiger charge is 2.59. The van der Waals surface area contributed by atoms with Gasteiger partial charge in [-0.25, -0.2) is 0 Å². The molecular formula is C19H18ClN5+2. The molecule has 0 saturated heterocycles. The molecule has 1 unspecified atom stereocenters. The summed E-state index contributed by atoms with van der Waals surface area (Å²) in [7, 11) is 2.01. The predicted octanol–water partition coefficient (Wildman–Crippen LogP) is 0.560. The fourth-order valence-corrected chi connectivity index (χ4v) is 4.34. The zero-order valence-electron chi connectivity index (χ0n) is 13.8. The Morgan fingerprint density at radius 2 is 1.92 bits per heavy atom. The molecule has 6 heteroatoms. The summed E-state index contributed by atoms with van der Waals surface area (Å²) in [6, 6.07) is 13.2. The van der Waals surface area contributed by atoms with Gasteiger partial charge in [0.2, 0.25) is 5.41 Å². The van der Waals surface area contributed by atoms with E-state index in [1.807, 2.05) is 37.5 Å². The maximum atomic E-state index is 9.99. The lowest BCUT2D eigenvalue weighted by molar-refractivity contribution is -0.830. The lowest BCUT2D eigenvalue weighted by atomic mass is 9.56. The number of hydrogen-bond acceptors (Lipinski definition) is 3. The van der Waals surface area contributed by atoms with E-state index in [0.29, 0.717) is 17.1 Å². The van der Waals surface area contributed by atoms with Crippen LogP contribution in [-0.4, -0.2) is 19.6 Å². The molecule has 1 aliphatic carbocycles. The molecule has 124 valence electrons. The molecule has 1 aromatic rings. The first-order chi connectivity index (χ1) is 12.0. The topological polar surface area (TPSA) is 103 Å². The zero-order valence-corrected chi connectivity index (χ0v) is 14.6. The van der Waals surface area contributed by atoms with Crippen LogP contribution in [0, 0.1) is 45.3 Å². The molecule has 0 fully saturated rings. The summed E-state index contributed by atoms with van der Waals surface area (Å²) in [4.78, 5) is 1.15. The third-order valence-corrected chi connectivity index (χ3v) is 5.67. The molecule has 5 nitrogen and oxygen atoms in total. The Hall–Kier alpha value is -2.62. The van der Waals surface area contributed by atoms with Crippen LogP contribution in [0.25, 0.3) is 0 Å². The van der Waals surface area contributed by atoms with E-state index >= 15 is 0 Å². The van der Waals surface area contributed by atoms with Gasteiger partial charge >= 0.3 is 0 Å². The number of nitriles is 3. The summed E-state index contributed by atoms with van der Waals surface area (Å²) in [6.45, 7) is 0.685. The largest absolute Gasteiger partial charge is 0.348 e. The lowest BCUT2D eigenvalue weighted by Crippen LogP contribution is -3.06. The molecule has 1 aromatic carbocycles. The van der Waals surface area contributed by atoms with Crippen LogP contribution in [-0.2, 0) is 0 Å². The summed E-state index contributed by atoms with van der Waals surface area (Å²) < 4.78 is 0. The van der Waals surface area contributed by atoms with Crippen LogP contribution < -0.4 is 10.6 Å². The zero-order chi connectivity index (χ0) is 18.2. The maximum absolute atomic E-state index is 9.99. The van der Waals surface area contributed by atoms with Crippen molar-refractivity contribution in [1.29, 1.82) is 15.8 Å². The Balaban J connectivity index is 2.35. The molecule has 2 aliphatic rings. The molecule has 25 heavy (non-hydrogen) atoms. The van der Waals surface area contributed by atoms with E-state index in [-0.39, 0.29) is 5.92 Å². The van der Waals surface area contributed by atoms with Crippen LogP contribution in [0.2, 0.25) is 5.02 Å². The van der Waals surface area contributed by atoms with Gasteiger partial charge in [0.05, 0.1) is 37.5 Å². The van der Waals surface area contributed by atoms with Gasteiger partial charge in [0.25, 0.3) is 0 Å². The Morgan fingerprint density at radius 3 is 2.52 bits per heavy atom. The van der Waals surface area contributed by atoms with Crippen LogP contribution in [0.4, 0.5) is 0 Å². The molecule has 3 rings (SSSR count). The van der Waals surface area contributed by atoms with Crippen molar-refractivity contribution in [3.63, 3.8) is 0 Å². The number of halogens is 1. The Morgan fingerprint density at radius 1 is 1.24 bits per heavy atom. The van der Waals surface area contributed by atoms with Crippen molar-refractivity contribution in [3.8, 4) is 18.2 Å². The average molecular weight is 352 g/mol. The van der Waals surface area contributed by atoms with Crippen molar-refractivity contribution in [2.24, 2.45) is 11.3 Å². The van der Waals surface area contributed by atoms with Crippen LogP contribution in [0.1, 0.15) is 11.5 Å². The van der Waals surface area contributed by atoms with E-state index < -0.39 is 17.4 Å². The minimum atomic E-state index is -1.43. The summed E-state index contributed by atoms with van der Waals surface area (Å²) >= 11 is 6.44. The number of hydrogen-bond donors (Lipinski definition) is 2. The lowest BCUT2D eigenvalue weighted by Gasteiger charge is -2.43. The van der Waals surface area contributed by atoms with Crippen molar-refractivity contribution >= 4 is 11.6 Å². The molecule has 1 heterocycles. The van der Waals surface area contributed by atoms with Crippen LogP contribution in [0.15, 0.2) is 47.7 Å². The molecule has 4 N–H and O–H groups in total. The normalized spacial score (nSPS) is 29.9. The number of allylic oxidation sites excluding steroid dienone is 1. The maximum Gasteiger partial charge on any atom is 0.207 e. The predicted molar refractivity (Wildman–Crippen MR) is 91.6 cm³/mol. The molecule has 0 saturated carbocycles. The van der Waals surface area contributed by atoms with Crippen molar-refractivity contribution in [3.05, 3.63) is 58.3 Å². The van der Waals surface area contributed by atoms with Gasteiger partial charge in [-0.05, 0) is 23.3 Å². The fraction of sp³-hybridized carbons (Fsp3) is 0.316. The Labute approximate surface area is 151 Å². The second-order valence-corrected chi connectivity index (χ2v) is 7.02. The number of benzene rings is 1. The summed E-state index contributed by atoms with van der Waals surface area (Å²) in [5, 5.41) is 30.2. The minimum Gasteiger partial charge on any atom is -0.348 e. The highest BCUT2D eigenvalue weighted by atomic mass is 35.5. The van der Waals surface area contributed by atoms with Crippen LogP contribution >= 0.6 is 11.6 Å². The first-order valence-corrected chi connectivity index (χ1v) is 8.42. The monoisotopic (exact) mass is 351 g/mol. The van der Waals surface area contributed by atoms with Gasteiger partial charge in [0, 0.05) is 16.9 Å². The molecule has 0 bridgehead atoms. The van der Waals surface area contributed by atoms with Crippen LogP contribution in [0.3, 0.4) is 0 Å². The Bertz CT molecular complexity index is 882. The van der Waals surface area contributed by atoms with Gasteiger partial charge in [-0.2, -0.15) is 15.8 Å². The van der Waals surface area contributed by atoms with E-state index in [9.17, 15) is 15.8 Å². The third kappa shape index (κ3) is 2.44. The fourth-order valence-electron chi connectivity index (χ4n) is 4.08. The quantitative estimate of drug-likeness (QED) is 0.772. The number of fused-ring (bicyclic) bond motifs is 1. The molecular weight excluding hydrogens is 334 g/mol. The van der Waals surface area contributed by atoms with Crippen LogP contribution in [0.5, 0.6) is 0 Å². The highest BCUT2D eigenvalue weighted by molar-refractivity contribution is 6.31. The first kappa shape index (κ1) is 17.2. The standard InChI is InChI=1S/C19H16ClN5/c1-25-7-6-12-14(8-21)18(24)19(10-22,11-23)17(15(12)9-25)13-4-2-3-5-16(13)20/h2-7,15,17-18H,9,24H2,1H3/p+2/t15-,17-,18+/m0/s1. The second-order valence-electron chi connectivity index (χ2n) is 6.62. The number of rotatable bonds is 1. The second kappa shape index (κ2) is 6.36. The molecule has 0 spiro atoms. The van der Waals surface area contributed by atoms with Crippen molar-refractivity contribution in [2.75, 3.05) is 13.6 Å². The van der Waals surface area contributed by atoms with E-state index in [0.717, 1.165) is 16.0 Å². The summed E-state index contributed by atoms with van der Waals surface area (Å²) in [5.41, 5.74) is 4.69. The van der Waals surface area contributed by atoms with E-state index in [1.165, 1.54) is 0 Å². The summed E-state index contributed by atoms with van der Waals surface area (Å²) in [5.74, 6) is -0.581. The molecule has 4 atom stereocenters. The van der Waals surface area contributed by atoms with E-state index in [1.54, 1.807) is 6.07 Å². The molecule has 0 amide bonds. The van der Waals surface area contributed by atoms with Gasteiger partial charge < -0.3 is 10.6 Å². The van der Waals surface area contributed by atoms with Gasteiger partial charge in [0.15, 0.2) is 6.04 Å². The van der Waals surface area contributed by atoms with Gasteiger partial charge in [-0.3, -0.25) is 0 Å². The van der Waals surface area contributed by atoms with Crippen molar-refractivity contribution in [1.82, 2.24) is 0 Å². The molecule has 1 aliphatic heterocycles. The highest BCUT2D eigenvalue weighted by Crippen LogP contribution is 2.52. The van der Waals surface area contributed by atoms with Gasteiger partial charge in [-0.1, -0.05) is 29.8 Å². The van der Waals surface area contributed by atoms with Gasteiger partial charge in [-0.15, -0.1) is 0 Å². The number of quaternary nitrogens is 2. The average Bonchev–Trinajstić information content (AvgIpc) is 2.62. The molecule has 0 radical (unpaired) electrons.